The van der Waals surface area contributed by atoms with E-state index in [0.717, 1.165) is 5.56 Å². The van der Waals surface area contributed by atoms with Crippen molar-refractivity contribution in [1.29, 1.82) is 0 Å². The fourth-order valence-electron chi connectivity index (χ4n) is 2.28. The number of hydrogen-bond acceptors (Lipinski definition) is 4. The predicted octanol–water partition coefficient (Wildman–Crippen LogP) is 3.04. The number of rotatable bonds is 4. The van der Waals surface area contributed by atoms with Gasteiger partial charge in [-0.05, 0) is 12.5 Å². The number of nitrogens with zero attached hydrogens (tertiary/aromatic N) is 3. The normalized spacial score (nSPS) is 11.0. The molecule has 1 N–H and O–H groups in total. The molecule has 0 unspecified atom stereocenters. The number of benzene rings is 1. The Morgan fingerprint density at radius 1 is 1.38 bits per heavy atom. The summed E-state index contributed by atoms with van der Waals surface area (Å²) in [6.45, 7) is 2.66. The van der Waals surface area contributed by atoms with E-state index in [-0.39, 0.29) is 5.69 Å². The van der Waals surface area contributed by atoms with Gasteiger partial charge in [0.2, 0.25) is 0 Å². The van der Waals surface area contributed by atoms with Gasteiger partial charge in [-0.1, -0.05) is 29.8 Å². The Bertz CT molecular complexity index is 789. The molecule has 1 aromatic carbocycles. The molecule has 21 heavy (non-hydrogen) atoms. The van der Waals surface area contributed by atoms with Crippen molar-refractivity contribution in [2.24, 2.45) is 0 Å². The summed E-state index contributed by atoms with van der Waals surface area (Å²) in [7, 11) is 1.86. The van der Waals surface area contributed by atoms with Crippen LogP contribution in [0.3, 0.4) is 0 Å². The molecular weight excluding hydrogens is 286 g/mol. The molecule has 0 aliphatic carbocycles. The van der Waals surface area contributed by atoms with Crippen molar-refractivity contribution in [3.8, 4) is 0 Å². The number of hydrogen-bond donors (Lipinski definition) is 1. The summed E-state index contributed by atoms with van der Waals surface area (Å²) in [5.41, 5.74) is 2.53. The second-order valence-corrected chi connectivity index (χ2v) is 5.86. The minimum Gasteiger partial charge on any atom is -0.476 e. The lowest BCUT2D eigenvalue weighted by Crippen LogP contribution is -2.20. The quantitative estimate of drug-likeness (QED) is 0.804. The Kier molecular flexibility index (Phi) is 3.39. The molecule has 2 aromatic heterocycles. The van der Waals surface area contributed by atoms with Crippen LogP contribution in [0.25, 0.3) is 4.96 Å². The molecule has 2 heterocycles. The van der Waals surface area contributed by atoms with E-state index in [2.05, 4.69) is 4.98 Å². The number of aryl methyl sites for hydroxylation is 1. The van der Waals surface area contributed by atoms with Gasteiger partial charge in [0.25, 0.3) is 0 Å². The predicted molar refractivity (Wildman–Crippen MR) is 83.3 cm³/mol. The molecule has 3 rings (SSSR count). The average Bonchev–Trinajstić information content (AvgIpc) is 3.00. The molecule has 108 valence electrons. The molecule has 5 nitrogen and oxygen atoms in total. The van der Waals surface area contributed by atoms with E-state index < -0.39 is 5.97 Å². The van der Waals surface area contributed by atoms with Gasteiger partial charge < -0.3 is 10.0 Å². The molecule has 0 atom stereocenters. The molecule has 0 bridgehead atoms. The number of carbonyl (C=O) groups is 1. The zero-order valence-electron chi connectivity index (χ0n) is 11.8. The first kappa shape index (κ1) is 13.6. The van der Waals surface area contributed by atoms with Crippen LogP contribution >= 0.6 is 11.3 Å². The standard InChI is InChI=1S/C15H15N3O2S/c1-10-3-5-11(6-4-10)9-17(2)13-12(14(19)20)18-7-8-21-15(18)16-13/h3-8H,9H2,1-2H3,(H,19,20). The van der Waals surface area contributed by atoms with Crippen LogP contribution in [-0.4, -0.2) is 27.5 Å². The van der Waals surface area contributed by atoms with Crippen LogP contribution in [0.2, 0.25) is 0 Å². The molecule has 0 spiro atoms. The lowest BCUT2D eigenvalue weighted by molar-refractivity contribution is 0.0690. The summed E-state index contributed by atoms with van der Waals surface area (Å²) in [5, 5.41) is 11.3. The maximum absolute atomic E-state index is 11.5. The maximum atomic E-state index is 11.5. The second kappa shape index (κ2) is 5.21. The first-order valence-corrected chi connectivity index (χ1v) is 7.40. The van der Waals surface area contributed by atoms with Crippen molar-refractivity contribution in [2.75, 3.05) is 11.9 Å². The highest BCUT2D eigenvalue weighted by molar-refractivity contribution is 7.15. The highest BCUT2D eigenvalue weighted by Crippen LogP contribution is 2.25. The van der Waals surface area contributed by atoms with E-state index in [1.165, 1.54) is 16.9 Å². The summed E-state index contributed by atoms with van der Waals surface area (Å²) in [4.78, 5) is 18.5. The smallest absolute Gasteiger partial charge is 0.356 e. The number of fused-ring (bicyclic) bond motifs is 1. The Balaban J connectivity index is 1.95. The van der Waals surface area contributed by atoms with E-state index in [0.29, 0.717) is 17.3 Å². The van der Waals surface area contributed by atoms with Crippen molar-refractivity contribution >= 4 is 28.1 Å². The van der Waals surface area contributed by atoms with Crippen LogP contribution in [0.15, 0.2) is 35.8 Å². The number of aromatic carboxylic acids is 1. The Morgan fingerprint density at radius 3 is 2.76 bits per heavy atom. The zero-order chi connectivity index (χ0) is 15.0. The van der Waals surface area contributed by atoms with E-state index in [4.69, 9.17) is 0 Å². The van der Waals surface area contributed by atoms with Crippen LogP contribution in [-0.2, 0) is 6.54 Å². The van der Waals surface area contributed by atoms with Gasteiger partial charge in [-0.25, -0.2) is 9.78 Å². The minimum absolute atomic E-state index is 0.209. The van der Waals surface area contributed by atoms with Gasteiger partial charge in [-0.15, -0.1) is 11.3 Å². The van der Waals surface area contributed by atoms with Crippen molar-refractivity contribution in [3.63, 3.8) is 0 Å². The van der Waals surface area contributed by atoms with Gasteiger partial charge in [-0.3, -0.25) is 4.40 Å². The van der Waals surface area contributed by atoms with E-state index in [1.54, 1.807) is 10.6 Å². The van der Waals surface area contributed by atoms with Crippen LogP contribution < -0.4 is 4.90 Å². The monoisotopic (exact) mass is 301 g/mol. The number of carboxylic acids is 1. The molecule has 0 aliphatic heterocycles. The molecule has 0 saturated carbocycles. The lowest BCUT2D eigenvalue weighted by Gasteiger charge is -2.17. The molecule has 0 radical (unpaired) electrons. The fourth-order valence-corrected chi connectivity index (χ4v) is 2.99. The van der Waals surface area contributed by atoms with Crippen molar-refractivity contribution in [1.82, 2.24) is 9.38 Å². The van der Waals surface area contributed by atoms with Gasteiger partial charge in [0.1, 0.15) is 0 Å². The number of imidazole rings is 1. The van der Waals surface area contributed by atoms with Gasteiger partial charge >= 0.3 is 5.97 Å². The maximum Gasteiger partial charge on any atom is 0.356 e. The third-order valence-corrected chi connectivity index (χ3v) is 4.10. The van der Waals surface area contributed by atoms with E-state index in [1.807, 2.05) is 48.5 Å². The van der Waals surface area contributed by atoms with Gasteiger partial charge in [0, 0.05) is 25.2 Å². The van der Waals surface area contributed by atoms with Crippen LogP contribution in [0, 0.1) is 6.92 Å². The second-order valence-electron chi connectivity index (χ2n) is 4.99. The van der Waals surface area contributed by atoms with Crippen LogP contribution in [0.5, 0.6) is 0 Å². The summed E-state index contributed by atoms with van der Waals surface area (Å²) < 4.78 is 1.62. The number of carboxylic acid groups (broad SMARTS) is 1. The van der Waals surface area contributed by atoms with Gasteiger partial charge in [0.05, 0.1) is 0 Å². The minimum atomic E-state index is -0.966. The molecule has 0 fully saturated rings. The molecule has 6 heteroatoms. The summed E-state index contributed by atoms with van der Waals surface area (Å²) in [5.74, 6) is -0.471. The topological polar surface area (TPSA) is 57.8 Å². The summed E-state index contributed by atoms with van der Waals surface area (Å²) in [6, 6.07) is 8.19. The molecular formula is C15H15N3O2S. The Hall–Kier alpha value is -2.34. The number of aromatic nitrogens is 2. The highest BCUT2D eigenvalue weighted by atomic mass is 32.1. The third kappa shape index (κ3) is 2.50. The third-order valence-electron chi connectivity index (χ3n) is 3.35. The van der Waals surface area contributed by atoms with Gasteiger partial charge in [0.15, 0.2) is 16.5 Å². The Labute approximate surface area is 126 Å². The largest absolute Gasteiger partial charge is 0.476 e. The summed E-state index contributed by atoms with van der Waals surface area (Å²) >= 11 is 1.43. The highest BCUT2D eigenvalue weighted by Gasteiger charge is 2.22. The lowest BCUT2D eigenvalue weighted by atomic mass is 10.1. The molecule has 0 amide bonds. The van der Waals surface area contributed by atoms with Gasteiger partial charge in [-0.2, -0.15) is 0 Å². The first-order valence-electron chi connectivity index (χ1n) is 6.52. The van der Waals surface area contributed by atoms with Crippen molar-refractivity contribution < 1.29 is 9.90 Å². The number of anilines is 1. The summed E-state index contributed by atoms with van der Waals surface area (Å²) in [6.07, 6.45) is 1.74. The van der Waals surface area contributed by atoms with Crippen LogP contribution in [0.4, 0.5) is 5.82 Å². The SMILES string of the molecule is Cc1ccc(CN(C)c2nc3sccn3c2C(=O)O)cc1. The van der Waals surface area contributed by atoms with E-state index >= 15 is 0 Å². The van der Waals surface area contributed by atoms with Crippen molar-refractivity contribution in [2.45, 2.75) is 13.5 Å². The zero-order valence-corrected chi connectivity index (χ0v) is 12.6. The molecule has 3 aromatic rings. The Morgan fingerprint density at radius 2 is 2.10 bits per heavy atom. The van der Waals surface area contributed by atoms with E-state index in [9.17, 15) is 9.90 Å². The first-order chi connectivity index (χ1) is 10.1. The average molecular weight is 301 g/mol. The van der Waals surface area contributed by atoms with Crippen LogP contribution in [0.1, 0.15) is 21.6 Å². The fraction of sp³-hybridized carbons (Fsp3) is 0.200. The molecule has 0 saturated heterocycles. The number of thiazole rings is 1. The molecule has 0 aliphatic rings. The van der Waals surface area contributed by atoms with Crippen molar-refractivity contribution in [3.05, 3.63) is 52.7 Å².